The highest BCUT2D eigenvalue weighted by Gasteiger charge is 2.40. The van der Waals surface area contributed by atoms with E-state index in [4.69, 9.17) is 9.84 Å². The van der Waals surface area contributed by atoms with E-state index in [1.54, 1.807) is 4.68 Å². The molecule has 2 aliphatic heterocycles. The minimum atomic E-state index is -0.693. The fourth-order valence-electron chi connectivity index (χ4n) is 5.21. The second-order valence-corrected chi connectivity index (χ2v) is 12.5. The van der Waals surface area contributed by atoms with Crippen LogP contribution in [0.3, 0.4) is 0 Å². The third-order valence-corrected chi connectivity index (χ3v) is 8.38. The number of carbonyl (C=O) groups excluding carboxylic acids is 2. The van der Waals surface area contributed by atoms with Gasteiger partial charge in [0.1, 0.15) is 24.0 Å². The Hall–Kier alpha value is -3.24. The highest BCUT2D eigenvalue weighted by Crippen LogP contribution is 2.49. The molecule has 3 aromatic rings. The van der Waals surface area contributed by atoms with Gasteiger partial charge in [-0.25, -0.2) is 13.5 Å². The van der Waals surface area contributed by atoms with Gasteiger partial charge >= 0.3 is 0 Å². The largest absolute Gasteiger partial charge is 0.376 e. The van der Waals surface area contributed by atoms with Crippen LogP contribution in [0.1, 0.15) is 61.2 Å². The smallest absolute Gasteiger partial charge is 0.240 e. The number of anilines is 1. The van der Waals surface area contributed by atoms with Gasteiger partial charge in [-0.3, -0.25) is 14.5 Å². The molecule has 1 fully saturated rings. The maximum Gasteiger partial charge on any atom is 0.240 e. The summed E-state index contributed by atoms with van der Waals surface area (Å²) in [4.78, 5) is 28.3. The van der Waals surface area contributed by atoms with Crippen molar-refractivity contribution >= 4 is 29.4 Å². The fourth-order valence-corrected chi connectivity index (χ4v) is 6.42. The molecule has 10 heteroatoms. The van der Waals surface area contributed by atoms with Crippen LogP contribution in [0.4, 0.5) is 14.6 Å². The van der Waals surface area contributed by atoms with Crippen molar-refractivity contribution in [3.63, 3.8) is 0 Å². The van der Waals surface area contributed by atoms with E-state index in [9.17, 15) is 14.0 Å². The molecule has 0 aliphatic carbocycles. The Labute approximate surface area is 237 Å². The number of nitrogens with zero attached hydrogens (tertiary/aromatic N) is 3. The number of hydrogen-bond donors (Lipinski definition) is 1. The van der Waals surface area contributed by atoms with Gasteiger partial charge in [-0.05, 0) is 43.5 Å². The van der Waals surface area contributed by atoms with Crippen LogP contribution < -0.4 is 10.2 Å². The molecule has 0 saturated carbocycles. The third kappa shape index (κ3) is 5.78. The molecular formula is C30H34F2N4O3S. The lowest BCUT2D eigenvalue weighted by Crippen LogP contribution is -2.44. The minimum absolute atomic E-state index is 0.00653. The Bertz CT molecular complexity index is 1430. The molecule has 7 nitrogen and oxygen atoms in total. The number of aromatic nitrogens is 2. The topological polar surface area (TPSA) is 76.5 Å². The van der Waals surface area contributed by atoms with Gasteiger partial charge in [-0.1, -0.05) is 39.0 Å². The van der Waals surface area contributed by atoms with Crippen molar-refractivity contribution < 1.29 is 23.1 Å². The van der Waals surface area contributed by atoms with E-state index in [2.05, 4.69) is 5.32 Å². The van der Waals surface area contributed by atoms with Gasteiger partial charge in [0.15, 0.2) is 0 Å². The SMILES string of the molecule is Cc1cccc(-n2nc(C(C)(C)C)c3c2N(CC(=O)NC[C@@H]2CCCO2)C(=O)CS[C@@H]3c2ccc(F)cc2F)c1. The molecular weight excluding hydrogens is 534 g/mol. The fraction of sp³-hybridized carbons (Fsp3) is 0.433. The summed E-state index contributed by atoms with van der Waals surface area (Å²) < 4.78 is 36.5. The second kappa shape index (κ2) is 11.3. The molecule has 0 spiro atoms. The van der Waals surface area contributed by atoms with Crippen LogP contribution in [0, 0.1) is 18.6 Å². The molecule has 0 bridgehead atoms. The summed E-state index contributed by atoms with van der Waals surface area (Å²) in [5.74, 6) is -1.55. The van der Waals surface area contributed by atoms with Gasteiger partial charge in [0.2, 0.25) is 11.8 Å². The molecule has 1 aromatic heterocycles. The van der Waals surface area contributed by atoms with Crippen molar-refractivity contribution in [2.24, 2.45) is 0 Å². The monoisotopic (exact) mass is 568 g/mol. The van der Waals surface area contributed by atoms with Gasteiger partial charge in [0, 0.05) is 35.8 Å². The molecule has 2 aliphatic rings. The van der Waals surface area contributed by atoms with Crippen molar-refractivity contribution in [3.05, 3.63) is 76.5 Å². The Kier molecular flexibility index (Phi) is 8.01. The summed E-state index contributed by atoms with van der Waals surface area (Å²) >= 11 is 1.26. The zero-order valence-electron chi connectivity index (χ0n) is 23.2. The average Bonchev–Trinajstić information content (AvgIpc) is 3.53. The van der Waals surface area contributed by atoms with Crippen LogP contribution in [0.2, 0.25) is 0 Å². The number of carbonyl (C=O) groups is 2. The molecule has 2 atom stereocenters. The van der Waals surface area contributed by atoms with Crippen LogP contribution >= 0.6 is 11.8 Å². The van der Waals surface area contributed by atoms with Crippen LogP contribution in [-0.2, 0) is 19.7 Å². The van der Waals surface area contributed by atoms with Gasteiger partial charge in [0.25, 0.3) is 0 Å². The normalized spacial score (nSPS) is 19.4. The molecule has 0 radical (unpaired) electrons. The van der Waals surface area contributed by atoms with Crippen molar-refractivity contribution in [1.29, 1.82) is 0 Å². The maximum absolute atomic E-state index is 15.3. The quantitative estimate of drug-likeness (QED) is 0.441. The number of ether oxygens (including phenoxy) is 1. The molecule has 3 heterocycles. The van der Waals surface area contributed by atoms with E-state index in [1.165, 1.54) is 28.8 Å². The Balaban J connectivity index is 1.67. The number of benzene rings is 2. The van der Waals surface area contributed by atoms with Crippen molar-refractivity contribution in [3.8, 4) is 5.69 Å². The summed E-state index contributed by atoms with van der Waals surface area (Å²) in [5, 5.41) is 7.27. The Morgan fingerprint density at radius 1 is 1.20 bits per heavy atom. The molecule has 40 heavy (non-hydrogen) atoms. The standard InChI is InChI=1S/C30H34F2N4O3S/c1-18-7-5-8-20(13-18)36-29-26(28(34-36)30(2,3)4)27(22-11-10-19(31)14-23(22)32)40-17-25(38)35(29)16-24(37)33-15-21-9-6-12-39-21/h5,7-8,10-11,13-14,21,27H,6,9,12,15-17H2,1-4H3,(H,33,37)/t21-,27+/m0/s1. The third-order valence-electron chi connectivity index (χ3n) is 7.14. The van der Waals surface area contributed by atoms with E-state index < -0.39 is 22.3 Å². The van der Waals surface area contributed by atoms with Crippen molar-refractivity contribution in [1.82, 2.24) is 15.1 Å². The maximum atomic E-state index is 15.3. The van der Waals surface area contributed by atoms with Crippen LogP contribution in [0.25, 0.3) is 5.69 Å². The first-order valence-electron chi connectivity index (χ1n) is 13.5. The van der Waals surface area contributed by atoms with E-state index in [0.717, 1.165) is 30.2 Å². The van der Waals surface area contributed by atoms with Crippen LogP contribution in [0.5, 0.6) is 0 Å². The lowest BCUT2D eigenvalue weighted by Gasteiger charge is -2.25. The Morgan fingerprint density at radius 3 is 2.67 bits per heavy atom. The van der Waals surface area contributed by atoms with E-state index in [-0.39, 0.29) is 35.8 Å². The number of amides is 2. The van der Waals surface area contributed by atoms with Crippen LogP contribution in [0.15, 0.2) is 42.5 Å². The highest BCUT2D eigenvalue weighted by atomic mass is 32.2. The summed E-state index contributed by atoms with van der Waals surface area (Å²) in [5.41, 5.74) is 2.80. The summed E-state index contributed by atoms with van der Waals surface area (Å²) in [6, 6.07) is 11.2. The highest BCUT2D eigenvalue weighted by molar-refractivity contribution is 8.00. The van der Waals surface area contributed by atoms with Gasteiger partial charge < -0.3 is 10.1 Å². The van der Waals surface area contributed by atoms with Gasteiger partial charge in [-0.15, -0.1) is 11.8 Å². The Morgan fingerprint density at radius 2 is 2.00 bits per heavy atom. The van der Waals surface area contributed by atoms with E-state index in [0.29, 0.717) is 30.2 Å². The van der Waals surface area contributed by atoms with Crippen molar-refractivity contribution in [2.75, 3.05) is 30.3 Å². The number of rotatable bonds is 6. The predicted octanol–water partition coefficient (Wildman–Crippen LogP) is 5.22. The zero-order valence-corrected chi connectivity index (χ0v) is 24.0. The van der Waals surface area contributed by atoms with Gasteiger partial charge in [-0.2, -0.15) is 5.10 Å². The second-order valence-electron chi connectivity index (χ2n) is 11.4. The first kappa shape index (κ1) is 28.3. The molecule has 212 valence electrons. The molecule has 2 amide bonds. The number of thioether (sulfide) groups is 1. The van der Waals surface area contributed by atoms with E-state index in [1.807, 2.05) is 52.0 Å². The molecule has 5 rings (SSSR count). The minimum Gasteiger partial charge on any atom is -0.376 e. The number of fused-ring (bicyclic) bond motifs is 1. The summed E-state index contributed by atoms with van der Waals surface area (Å²) in [7, 11) is 0. The number of nitrogens with one attached hydrogen (secondary N) is 1. The number of aryl methyl sites for hydroxylation is 1. The lowest BCUT2D eigenvalue weighted by molar-refractivity contribution is -0.123. The van der Waals surface area contributed by atoms with Crippen LogP contribution in [-0.4, -0.2) is 53.1 Å². The molecule has 2 aromatic carbocycles. The lowest BCUT2D eigenvalue weighted by atomic mass is 9.87. The summed E-state index contributed by atoms with van der Waals surface area (Å²) in [6.07, 6.45) is 1.80. The number of hydrogen-bond acceptors (Lipinski definition) is 5. The number of halogens is 2. The van der Waals surface area contributed by atoms with Gasteiger partial charge in [0.05, 0.1) is 28.5 Å². The van der Waals surface area contributed by atoms with E-state index >= 15 is 4.39 Å². The molecule has 1 N–H and O–H groups in total. The summed E-state index contributed by atoms with van der Waals surface area (Å²) in [6.45, 7) is 8.80. The first-order valence-corrected chi connectivity index (χ1v) is 14.5. The zero-order chi connectivity index (χ0) is 28.6. The van der Waals surface area contributed by atoms with Crippen molar-refractivity contribution in [2.45, 2.75) is 57.3 Å². The molecule has 0 unspecified atom stereocenters. The molecule has 1 saturated heterocycles. The average molecular weight is 569 g/mol. The first-order chi connectivity index (χ1) is 19.0. The predicted molar refractivity (Wildman–Crippen MR) is 152 cm³/mol.